The van der Waals surface area contributed by atoms with E-state index in [1.807, 2.05) is 0 Å². The topological polar surface area (TPSA) is 26.0 Å². The second-order valence-electron chi connectivity index (χ2n) is 5.72. The van der Waals surface area contributed by atoms with Gasteiger partial charge in [-0.2, -0.15) is 0 Å². The maximum absolute atomic E-state index is 6.49. The molecule has 2 aliphatic carbocycles. The van der Waals surface area contributed by atoms with Crippen LogP contribution in [0.4, 0.5) is 0 Å². The Bertz CT molecular complexity index is 236. The third-order valence-electron chi connectivity index (χ3n) is 4.47. The number of nitrogens with two attached hydrogens (primary N) is 1. The Morgan fingerprint density at radius 2 is 1.87 bits per heavy atom. The van der Waals surface area contributed by atoms with Crippen LogP contribution in [0.1, 0.15) is 64.7 Å². The fraction of sp³-hybridized carbons (Fsp3) is 0.857. The Morgan fingerprint density at radius 3 is 2.60 bits per heavy atom. The molecule has 0 spiro atoms. The van der Waals surface area contributed by atoms with Gasteiger partial charge in [0.15, 0.2) is 0 Å². The molecule has 0 aromatic rings. The summed E-state index contributed by atoms with van der Waals surface area (Å²) >= 11 is 0. The van der Waals surface area contributed by atoms with Crippen LogP contribution in [0.25, 0.3) is 0 Å². The molecule has 0 heterocycles. The van der Waals surface area contributed by atoms with E-state index >= 15 is 0 Å². The highest BCUT2D eigenvalue weighted by molar-refractivity contribution is 5.16. The predicted molar refractivity (Wildman–Crippen MR) is 65.7 cm³/mol. The van der Waals surface area contributed by atoms with Gasteiger partial charge in [0.05, 0.1) is 0 Å². The average molecular weight is 207 g/mol. The van der Waals surface area contributed by atoms with Gasteiger partial charge in [-0.1, -0.05) is 37.8 Å². The van der Waals surface area contributed by atoms with E-state index in [9.17, 15) is 0 Å². The van der Waals surface area contributed by atoms with E-state index in [1.54, 1.807) is 5.57 Å². The highest BCUT2D eigenvalue weighted by Gasteiger charge is 2.36. The quantitative estimate of drug-likeness (QED) is 0.685. The van der Waals surface area contributed by atoms with Crippen molar-refractivity contribution in [1.29, 1.82) is 0 Å². The van der Waals surface area contributed by atoms with Crippen LogP contribution >= 0.6 is 0 Å². The fourth-order valence-electron chi connectivity index (χ4n) is 3.26. The summed E-state index contributed by atoms with van der Waals surface area (Å²) in [6.07, 6.45) is 14.5. The van der Waals surface area contributed by atoms with Gasteiger partial charge in [0, 0.05) is 6.04 Å². The molecule has 0 bridgehead atoms. The Balaban J connectivity index is 2.04. The number of allylic oxidation sites excluding steroid dienone is 1. The van der Waals surface area contributed by atoms with Crippen LogP contribution < -0.4 is 5.73 Å². The molecule has 15 heavy (non-hydrogen) atoms. The summed E-state index contributed by atoms with van der Waals surface area (Å²) in [5, 5.41) is 0. The van der Waals surface area contributed by atoms with E-state index in [1.165, 1.54) is 57.8 Å². The third-order valence-corrected chi connectivity index (χ3v) is 4.47. The minimum absolute atomic E-state index is 0.345. The lowest BCUT2D eigenvalue weighted by Gasteiger charge is -2.33. The average Bonchev–Trinajstić information content (AvgIpc) is 2.54. The van der Waals surface area contributed by atoms with Gasteiger partial charge in [0.1, 0.15) is 0 Å². The van der Waals surface area contributed by atoms with Crippen LogP contribution in [0.5, 0.6) is 0 Å². The Morgan fingerprint density at radius 1 is 1.13 bits per heavy atom. The van der Waals surface area contributed by atoms with E-state index in [0.717, 1.165) is 0 Å². The molecule has 0 aliphatic heterocycles. The van der Waals surface area contributed by atoms with E-state index in [4.69, 9.17) is 5.73 Å². The van der Waals surface area contributed by atoms with E-state index in [0.29, 0.717) is 11.5 Å². The monoisotopic (exact) mass is 207 g/mol. The first-order valence-electron chi connectivity index (χ1n) is 6.67. The van der Waals surface area contributed by atoms with Gasteiger partial charge in [-0.3, -0.25) is 0 Å². The van der Waals surface area contributed by atoms with E-state index in [2.05, 4.69) is 13.0 Å². The van der Waals surface area contributed by atoms with Crippen molar-refractivity contribution >= 4 is 0 Å². The molecule has 1 saturated carbocycles. The maximum atomic E-state index is 6.49. The normalized spacial score (nSPS) is 28.3. The highest BCUT2D eigenvalue weighted by atomic mass is 14.7. The lowest BCUT2D eigenvalue weighted by Crippen LogP contribution is -2.39. The van der Waals surface area contributed by atoms with Gasteiger partial charge >= 0.3 is 0 Å². The summed E-state index contributed by atoms with van der Waals surface area (Å²) in [5.74, 6) is 0. The molecule has 2 aliphatic rings. The van der Waals surface area contributed by atoms with Crippen molar-refractivity contribution < 1.29 is 0 Å². The van der Waals surface area contributed by atoms with Crippen molar-refractivity contribution in [3.63, 3.8) is 0 Å². The maximum Gasteiger partial charge on any atom is 0.0308 e. The Labute approximate surface area is 94.1 Å². The van der Waals surface area contributed by atoms with Crippen molar-refractivity contribution in [2.24, 2.45) is 11.1 Å². The van der Waals surface area contributed by atoms with Crippen molar-refractivity contribution in [3.8, 4) is 0 Å². The van der Waals surface area contributed by atoms with E-state index < -0.39 is 0 Å². The lowest BCUT2D eigenvalue weighted by atomic mass is 9.76. The SMILES string of the molecule is CC1(C(N)C2=CCCCCC2)CCCC1. The summed E-state index contributed by atoms with van der Waals surface area (Å²) in [6.45, 7) is 2.40. The van der Waals surface area contributed by atoms with E-state index in [-0.39, 0.29) is 0 Å². The standard InChI is InChI=1S/C14H25N/c1-14(10-6-7-11-14)13(15)12-8-4-2-3-5-9-12/h8,13H,2-7,9-11,15H2,1H3. The van der Waals surface area contributed by atoms with Gasteiger partial charge < -0.3 is 5.73 Å². The smallest absolute Gasteiger partial charge is 0.0308 e. The van der Waals surface area contributed by atoms with Gasteiger partial charge in [-0.15, -0.1) is 0 Å². The third kappa shape index (κ3) is 2.44. The van der Waals surface area contributed by atoms with Gasteiger partial charge in [0.25, 0.3) is 0 Å². The molecule has 1 unspecified atom stereocenters. The summed E-state index contributed by atoms with van der Waals surface area (Å²) in [5.41, 5.74) is 8.47. The Kier molecular flexibility index (Phi) is 3.50. The summed E-state index contributed by atoms with van der Waals surface area (Å²) < 4.78 is 0. The first-order chi connectivity index (χ1) is 7.22. The molecular formula is C14H25N. The van der Waals surface area contributed by atoms with Gasteiger partial charge in [-0.25, -0.2) is 0 Å². The molecule has 0 aromatic carbocycles. The van der Waals surface area contributed by atoms with Crippen molar-refractivity contribution in [2.45, 2.75) is 70.8 Å². The zero-order valence-electron chi connectivity index (χ0n) is 10.1. The second kappa shape index (κ2) is 4.69. The molecule has 0 amide bonds. The molecule has 2 rings (SSSR count). The molecule has 0 saturated heterocycles. The summed E-state index contributed by atoms with van der Waals surface area (Å²) in [7, 11) is 0. The molecule has 1 fully saturated rings. The highest BCUT2D eigenvalue weighted by Crippen LogP contribution is 2.43. The first kappa shape index (κ1) is 11.2. The molecule has 1 nitrogen and oxygen atoms in total. The van der Waals surface area contributed by atoms with Crippen LogP contribution in [0.3, 0.4) is 0 Å². The number of hydrogen-bond acceptors (Lipinski definition) is 1. The first-order valence-corrected chi connectivity index (χ1v) is 6.67. The van der Waals surface area contributed by atoms with Crippen LogP contribution in [-0.2, 0) is 0 Å². The van der Waals surface area contributed by atoms with Crippen molar-refractivity contribution in [2.75, 3.05) is 0 Å². The number of rotatable bonds is 2. The molecule has 86 valence electrons. The van der Waals surface area contributed by atoms with Crippen LogP contribution in [0.15, 0.2) is 11.6 Å². The molecule has 1 heteroatoms. The lowest BCUT2D eigenvalue weighted by molar-refractivity contribution is 0.284. The minimum atomic E-state index is 0.345. The molecule has 2 N–H and O–H groups in total. The molecular weight excluding hydrogens is 182 g/mol. The van der Waals surface area contributed by atoms with Crippen LogP contribution in [-0.4, -0.2) is 6.04 Å². The van der Waals surface area contributed by atoms with Crippen LogP contribution in [0, 0.1) is 5.41 Å². The molecule has 0 radical (unpaired) electrons. The summed E-state index contributed by atoms with van der Waals surface area (Å²) in [4.78, 5) is 0. The van der Waals surface area contributed by atoms with Crippen molar-refractivity contribution in [1.82, 2.24) is 0 Å². The van der Waals surface area contributed by atoms with Gasteiger partial charge in [0.2, 0.25) is 0 Å². The predicted octanol–water partition coefficient (Wildman–Crippen LogP) is 3.78. The van der Waals surface area contributed by atoms with Crippen molar-refractivity contribution in [3.05, 3.63) is 11.6 Å². The number of hydrogen-bond donors (Lipinski definition) is 1. The van der Waals surface area contributed by atoms with Gasteiger partial charge in [-0.05, 0) is 43.9 Å². The largest absolute Gasteiger partial charge is 0.324 e. The summed E-state index contributed by atoms with van der Waals surface area (Å²) in [6, 6.07) is 0.345. The second-order valence-corrected chi connectivity index (χ2v) is 5.72. The molecule has 0 aromatic heterocycles. The molecule has 1 atom stereocenters. The fourth-order valence-corrected chi connectivity index (χ4v) is 3.26. The minimum Gasteiger partial charge on any atom is -0.324 e. The Hall–Kier alpha value is -0.300. The zero-order chi connectivity index (χ0) is 10.7. The van der Waals surface area contributed by atoms with Crippen LogP contribution in [0.2, 0.25) is 0 Å². The zero-order valence-corrected chi connectivity index (χ0v) is 10.1.